The molecule has 158 valence electrons. The van der Waals surface area contributed by atoms with Crippen molar-refractivity contribution in [3.8, 4) is 0 Å². The van der Waals surface area contributed by atoms with Crippen LogP contribution >= 0.6 is 0 Å². The number of nitrogens with one attached hydrogen (secondary N) is 2. The summed E-state index contributed by atoms with van der Waals surface area (Å²) in [5.41, 5.74) is 3.63. The molecule has 8 nitrogen and oxygen atoms in total. The van der Waals surface area contributed by atoms with Gasteiger partial charge in [-0.1, -0.05) is 53.7 Å². The summed E-state index contributed by atoms with van der Waals surface area (Å²) in [5, 5.41) is 14.4. The fourth-order valence-electron chi connectivity index (χ4n) is 3.63. The van der Waals surface area contributed by atoms with Crippen LogP contribution in [0.3, 0.4) is 0 Å². The van der Waals surface area contributed by atoms with Crippen molar-refractivity contribution in [3.63, 3.8) is 0 Å². The Bertz CT molecular complexity index is 1170. The molecule has 0 radical (unpaired) electrons. The highest BCUT2D eigenvalue weighted by molar-refractivity contribution is 6.07. The van der Waals surface area contributed by atoms with Gasteiger partial charge in [0.05, 0.1) is 12.2 Å². The first-order valence-electron chi connectivity index (χ1n) is 10.0. The smallest absolute Gasteiger partial charge is 0.338 e. The number of aromatic nitrogens is 3. The van der Waals surface area contributed by atoms with Gasteiger partial charge in [-0.2, -0.15) is 0 Å². The zero-order valence-electron chi connectivity index (χ0n) is 17.5. The van der Waals surface area contributed by atoms with Gasteiger partial charge < -0.3 is 15.4 Å². The number of fused-ring (bicyclic) bond motifs is 1. The summed E-state index contributed by atoms with van der Waals surface area (Å²) in [6.07, 6.45) is 0. The van der Waals surface area contributed by atoms with Gasteiger partial charge in [-0.3, -0.25) is 4.79 Å². The summed E-state index contributed by atoms with van der Waals surface area (Å²) in [6.45, 7) is 5.71. The molecular weight excluding hydrogens is 394 g/mol. The molecule has 0 saturated carbocycles. The highest BCUT2D eigenvalue weighted by Gasteiger charge is 2.36. The monoisotopic (exact) mass is 417 g/mol. The summed E-state index contributed by atoms with van der Waals surface area (Å²) < 4.78 is 6.84. The molecule has 1 unspecified atom stereocenters. The topological polar surface area (TPSA) is 98.1 Å². The molecular formula is C23H23N5O3. The van der Waals surface area contributed by atoms with Crippen molar-refractivity contribution in [1.82, 2.24) is 15.0 Å². The molecule has 2 N–H and O–H groups in total. The summed E-state index contributed by atoms with van der Waals surface area (Å²) >= 11 is 0. The van der Waals surface area contributed by atoms with Gasteiger partial charge in [-0.25, -0.2) is 9.48 Å². The number of benzene rings is 2. The minimum atomic E-state index is -0.566. The number of hydrogen-bond acceptors (Lipinski definition) is 6. The third-order valence-corrected chi connectivity index (χ3v) is 5.14. The number of aryl methyl sites for hydroxylation is 1. The van der Waals surface area contributed by atoms with E-state index in [1.165, 1.54) is 0 Å². The number of allylic oxidation sites excluding steroid dienone is 1. The number of rotatable bonds is 5. The van der Waals surface area contributed by atoms with E-state index in [0.717, 1.165) is 11.1 Å². The van der Waals surface area contributed by atoms with Gasteiger partial charge in [0.25, 0.3) is 5.91 Å². The minimum Gasteiger partial charge on any atom is -0.463 e. The first-order chi connectivity index (χ1) is 15.0. The molecule has 3 aromatic rings. The van der Waals surface area contributed by atoms with Crippen LogP contribution in [0, 0.1) is 6.92 Å². The third-order valence-electron chi connectivity index (χ3n) is 5.14. The number of ether oxygens (including phenoxy) is 1. The maximum absolute atomic E-state index is 13.0. The van der Waals surface area contributed by atoms with Crippen molar-refractivity contribution in [2.75, 3.05) is 17.2 Å². The summed E-state index contributed by atoms with van der Waals surface area (Å²) in [7, 11) is 0. The van der Waals surface area contributed by atoms with Gasteiger partial charge in [0, 0.05) is 11.4 Å². The van der Waals surface area contributed by atoms with Crippen LogP contribution in [-0.2, 0) is 9.53 Å². The minimum absolute atomic E-state index is 0.145. The molecule has 2 heterocycles. The summed E-state index contributed by atoms with van der Waals surface area (Å²) in [4.78, 5) is 25.8. The first kappa shape index (κ1) is 20.3. The highest BCUT2D eigenvalue weighted by atomic mass is 16.5. The van der Waals surface area contributed by atoms with E-state index in [4.69, 9.17) is 4.74 Å². The van der Waals surface area contributed by atoms with E-state index < -0.39 is 12.0 Å². The van der Waals surface area contributed by atoms with Crippen molar-refractivity contribution < 1.29 is 14.3 Å². The molecule has 8 heteroatoms. The number of para-hydroxylation sites is 1. The van der Waals surface area contributed by atoms with E-state index in [1.54, 1.807) is 18.5 Å². The second kappa shape index (κ2) is 8.43. The van der Waals surface area contributed by atoms with E-state index in [0.29, 0.717) is 22.8 Å². The van der Waals surface area contributed by atoms with Gasteiger partial charge in [0.1, 0.15) is 6.04 Å². The molecule has 4 rings (SSSR count). The Balaban J connectivity index is 1.76. The largest absolute Gasteiger partial charge is 0.463 e. The van der Waals surface area contributed by atoms with Crippen molar-refractivity contribution in [3.05, 3.63) is 82.7 Å². The zero-order valence-corrected chi connectivity index (χ0v) is 17.5. The van der Waals surface area contributed by atoms with Crippen molar-refractivity contribution in [1.29, 1.82) is 0 Å². The Kier molecular flexibility index (Phi) is 5.53. The third kappa shape index (κ3) is 3.79. The predicted molar refractivity (Wildman–Crippen MR) is 117 cm³/mol. The summed E-state index contributed by atoms with van der Waals surface area (Å²) in [6, 6.07) is 16.4. The molecule has 1 aromatic heterocycles. The molecule has 1 amide bonds. The average Bonchev–Trinajstić information content (AvgIpc) is 3.18. The molecule has 2 aromatic carbocycles. The number of esters is 1. The van der Waals surface area contributed by atoms with E-state index in [2.05, 4.69) is 20.9 Å². The zero-order chi connectivity index (χ0) is 22.0. The number of amides is 1. The Morgan fingerprint density at radius 3 is 2.52 bits per heavy atom. The van der Waals surface area contributed by atoms with Crippen LogP contribution in [0.25, 0.3) is 0 Å². The number of nitrogens with zero attached hydrogens (tertiary/aromatic N) is 3. The Morgan fingerprint density at radius 2 is 1.81 bits per heavy atom. The Morgan fingerprint density at radius 1 is 1.10 bits per heavy atom. The number of anilines is 2. The molecule has 31 heavy (non-hydrogen) atoms. The van der Waals surface area contributed by atoms with Crippen LogP contribution in [0.15, 0.2) is 65.9 Å². The lowest BCUT2D eigenvalue weighted by atomic mass is 9.95. The van der Waals surface area contributed by atoms with Crippen LogP contribution in [0.5, 0.6) is 0 Å². The van der Waals surface area contributed by atoms with Crippen molar-refractivity contribution in [2.24, 2.45) is 0 Å². The van der Waals surface area contributed by atoms with Gasteiger partial charge in [-0.05, 0) is 38.0 Å². The molecule has 0 bridgehead atoms. The van der Waals surface area contributed by atoms with E-state index in [-0.39, 0.29) is 18.2 Å². The van der Waals surface area contributed by atoms with Crippen LogP contribution in [0.4, 0.5) is 11.5 Å². The molecule has 0 spiro atoms. The molecule has 1 aliphatic heterocycles. The van der Waals surface area contributed by atoms with Crippen molar-refractivity contribution in [2.45, 2.75) is 26.8 Å². The van der Waals surface area contributed by atoms with E-state index >= 15 is 0 Å². The lowest BCUT2D eigenvalue weighted by molar-refractivity contribution is -0.139. The average molecular weight is 417 g/mol. The lowest BCUT2D eigenvalue weighted by Gasteiger charge is -2.28. The molecule has 0 saturated heterocycles. The maximum atomic E-state index is 13.0. The molecule has 1 atom stereocenters. The SMILES string of the molecule is CCOC(=O)C1=C(C)Nc2c(C(=O)Nc3ccccc3C)nnn2C1c1ccccc1. The lowest BCUT2D eigenvalue weighted by Crippen LogP contribution is -2.30. The normalized spacial score (nSPS) is 15.1. The highest BCUT2D eigenvalue weighted by Crippen LogP contribution is 2.37. The first-order valence-corrected chi connectivity index (χ1v) is 10.0. The molecule has 1 aliphatic rings. The van der Waals surface area contributed by atoms with Crippen LogP contribution < -0.4 is 10.6 Å². The van der Waals surface area contributed by atoms with Gasteiger partial charge in [0.15, 0.2) is 11.5 Å². The van der Waals surface area contributed by atoms with Crippen LogP contribution in [0.2, 0.25) is 0 Å². The van der Waals surface area contributed by atoms with Gasteiger partial charge in [0.2, 0.25) is 0 Å². The fraction of sp³-hybridized carbons (Fsp3) is 0.217. The quantitative estimate of drug-likeness (QED) is 0.615. The summed E-state index contributed by atoms with van der Waals surface area (Å²) in [5.74, 6) is -0.402. The maximum Gasteiger partial charge on any atom is 0.338 e. The van der Waals surface area contributed by atoms with Crippen LogP contribution in [-0.4, -0.2) is 33.5 Å². The fourth-order valence-corrected chi connectivity index (χ4v) is 3.63. The predicted octanol–water partition coefficient (Wildman–Crippen LogP) is 3.69. The van der Waals surface area contributed by atoms with Crippen LogP contribution in [0.1, 0.15) is 41.5 Å². The van der Waals surface area contributed by atoms with Gasteiger partial charge in [-0.15, -0.1) is 5.10 Å². The van der Waals surface area contributed by atoms with E-state index in [9.17, 15) is 9.59 Å². The second-order valence-corrected chi connectivity index (χ2v) is 7.20. The number of carbonyl (C=O) groups is 2. The second-order valence-electron chi connectivity index (χ2n) is 7.20. The van der Waals surface area contributed by atoms with Crippen molar-refractivity contribution >= 4 is 23.4 Å². The van der Waals surface area contributed by atoms with Gasteiger partial charge >= 0.3 is 5.97 Å². The molecule has 0 aliphatic carbocycles. The molecule has 0 fully saturated rings. The van der Waals surface area contributed by atoms with E-state index in [1.807, 2.05) is 61.5 Å². The Labute approximate surface area is 179 Å². The Hall–Kier alpha value is -3.94. The standard InChI is InChI=1S/C23H23N5O3/c1-4-31-23(30)18-15(3)24-21-19(22(29)25-17-13-9-8-10-14(17)2)26-27-28(21)20(18)16-11-6-5-7-12-16/h5-13,20,24H,4H2,1-3H3,(H,25,29). The number of carbonyl (C=O) groups excluding carboxylic acids is 2. The number of hydrogen-bond donors (Lipinski definition) is 2.